The fraction of sp³-hybridized carbons (Fsp3) is 0. The normalized spacial score (nSPS) is 16.3. The first-order valence-electron chi connectivity index (χ1n) is 5.89. The lowest BCUT2D eigenvalue weighted by Crippen LogP contribution is -2.24. The van der Waals surface area contributed by atoms with Crippen LogP contribution in [0.15, 0.2) is 65.5 Å². The number of aliphatic imine (C=N–C) groups is 1. The molecule has 1 aliphatic heterocycles. The maximum atomic E-state index is 12.2. The summed E-state index contributed by atoms with van der Waals surface area (Å²) >= 11 is 0. The van der Waals surface area contributed by atoms with Crippen molar-refractivity contribution in [2.75, 3.05) is 4.90 Å². The molecule has 4 heteroatoms. The van der Waals surface area contributed by atoms with Crippen molar-refractivity contribution < 1.29 is 4.79 Å². The first-order chi connectivity index (χ1) is 9.34. The summed E-state index contributed by atoms with van der Waals surface area (Å²) in [6.45, 7) is 0. The van der Waals surface area contributed by atoms with Crippen LogP contribution in [-0.4, -0.2) is 17.2 Å². The lowest BCUT2D eigenvalue weighted by molar-refractivity contribution is -0.113. The lowest BCUT2D eigenvalue weighted by atomic mass is 10.2. The summed E-state index contributed by atoms with van der Waals surface area (Å²) in [6, 6.07) is 13.2. The van der Waals surface area contributed by atoms with Crippen molar-refractivity contribution in [3.63, 3.8) is 0 Å². The van der Waals surface area contributed by atoms with Gasteiger partial charge >= 0.3 is 0 Å². The molecule has 4 nitrogen and oxygen atoms in total. The number of anilines is 1. The van der Waals surface area contributed by atoms with Gasteiger partial charge in [0.1, 0.15) is 12.0 Å². The Morgan fingerprint density at radius 3 is 2.47 bits per heavy atom. The summed E-state index contributed by atoms with van der Waals surface area (Å²) in [4.78, 5) is 21.8. The molecule has 1 aromatic carbocycles. The molecule has 1 amide bonds. The van der Waals surface area contributed by atoms with E-state index in [0.29, 0.717) is 5.70 Å². The summed E-state index contributed by atoms with van der Waals surface area (Å²) in [5.74, 6) is -0.130. The number of hydrogen-bond donors (Lipinski definition) is 0. The third-order valence-corrected chi connectivity index (χ3v) is 2.79. The van der Waals surface area contributed by atoms with Gasteiger partial charge in [0.15, 0.2) is 0 Å². The minimum Gasteiger partial charge on any atom is -0.266 e. The van der Waals surface area contributed by atoms with E-state index in [4.69, 9.17) is 0 Å². The van der Waals surface area contributed by atoms with Crippen LogP contribution in [0, 0.1) is 0 Å². The second-order valence-electron chi connectivity index (χ2n) is 4.07. The highest BCUT2D eigenvalue weighted by Crippen LogP contribution is 2.20. The van der Waals surface area contributed by atoms with Crippen LogP contribution in [0.25, 0.3) is 6.08 Å². The molecule has 0 N–H and O–H groups in total. The van der Waals surface area contributed by atoms with Crippen molar-refractivity contribution in [2.24, 2.45) is 4.99 Å². The highest BCUT2D eigenvalue weighted by atomic mass is 16.2. The number of aromatic nitrogens is 1. The van der Waals surface area contributed by atoms with E-state index in [1.807, 2.05) is 30.3 Å². The Kier molecular flexibility index (Phi) is 2.90. The van der Waals surface area contributed by atoms with Crippen LogP contribution in [0.2, 0.25) is 0 Å². The molecule has 1 aliphatic rings. The van der Waals surface area contributed by atoms with E-state index < -0.39 is 0 Å². The second kappa shape index (κ2) is 4.86. The third-order valence-electron chi connectivity index (χ3n) is 2.79. The van der Waals surface area contributed by atoms with E-state index in [1.54, 1.807) is 30.6 Å². The number of benzene rings is 1. The fourth-order valence-electron chi connectivity index (χ4n) is 1.85. The molecule has 1 aromatic heterocycles. The van der Waals surface area contributed by atoms with Gasteiger partial charge in [-0.2, -0.15) is 0 Å². The number of amides is 1. The molecule has 0 saturated carbocycles. The standard InChI is InChI=1S/C15H11N3O/c19-15-14(10-12-4-2-1-3-5-12)17-11-18(15)13-6-8-16-9-7-13/h1-11H. The molecule has 0 atom stereocenters. The Morgan fingerprint density at radius 2 is 1.74 bits per heavy atom. The Balaban J connectivity index is 1.88. The molecule has 2 heterocycles. The molecule has 0 aliphatic carbocycles. The summed E-state index contributed by atoms with van der Waals surface area (Å²) in [5.41, 5.74) is 2.16. The van der Waals surface area contributed by atoms with Crippen LogP contribution in [0.4, 0.5) is 5.69 Å². The van der Waals surface area contributed by atoms with Crippen molar-refractivity contribution >= 4 is 24.0 Å². The van der Waals surface area contributed by atoms with Crippen LogP contribution in [-0.2, 0) is 4.79 Å². The Hall–Kier alpha value is -2.75. The Labute approximate surface area is 110 Å². The summed E-state index contributed by atoms with van der Waals surface area (Å²) in [5, 5.41) is 0. The van der Waals surface area contributed by atoms with Crippen LogP contribution >= 0.6 is 0 Å². The number of nitrogens with zero attached hydrogens (tertiary/aromatic N) is 3. The smallest absolute Gasteiger partial charge is 0.266 e. The number of rotatable bonds is 2. The van der Waals surface area contributed by atoms with Gasteiger partial charge in [0, 0.05) is 12.4 Å². The number of carbonyl (C=O) groups is 1. The van der Waals surface area contributed by atoms with E-state index in [-0.39, 0.29) is 5.91 Å². The van der Waals surface area contributed by atoms with Crippen molar-refractivity contribution in [1.82, 2.24) is 4.98 Å². The second-order valence-corrected chi connectivity index (χ2v) is 4.07. The Bertz CT molecular complexity index is 648. The average molecular weight is 249 g/mol. The van der Waals surface area contributed by atoms with Crippen molar-refractivity contribution in [3.05, 3.63) is 66.1 Å². The van der Waals surface area contributed by atoms with Crippen LogP contribution < -0.4 is 4.90 Å². The minimum absolute atomic E-state index is 0.130. The predicted octanol–water partition coefficient (Wildman–Crippen LogP) is 2.50. The maximum absolute atomic E-state index is 12.2. The van der Waals surface area contributed by atoms with E-state index in [1.165, 1.54) is 11.2 Å². The number of hydrogen-bond acceptors (Lipinski definition) is 3. The quantitative estimate of drug-likeness (QED) is 0.768. The molecule has 3 rings (SSSR count). The zero-order valence-electron chi connectivity index (χ0n) is 10.1. The highest BCUT2D eigenvalue weighted by molar-refractivity contribution is 6.22. The molecule has 0 fully saturated rings. The molecule has 0 unspecified atom stereocenters. The molecular weight excluding hydrogens is 238 g/mol. The van der Waals surface area contributed by atoms with Gasteiger partial charge in [0.2, 0.25) is 0 Å². The number of pyridine rings is 1. The fourth-order valence-corrected chi connectivity index (χ4v) is 1.85. The van der Waals surface area contributed by atoms with Gasteiger partial charge < -0.3 is 0 Å². The molecule has 92 valence electrons. The average Bonchev–Trinajstić information content (AvgIpc) is 2.82. The topological polar surface area (TPSA) is 45.6 Å². The van der Waals surface area contributed by atoms with Gasteiger partial charge in [-0.3, -0.25) is 14.7 Å². The molecule has 0 saturated heterocycles. The van der Waals surface area contributed by atoms with Gasteiger partial charge in [-0.05, 0) is 23.8 Å². The van der Waals surface area contributed by atoms with Gasteiger partial charge in [-0.15, -0.1) is 0 Å². The van der Waals surface area contributed by atoms with Crippen molar-refractivity contribution in [3.8, 4) is 0 Å². The summed E-state index contributed by atoms with van der Waals surface area (Å²) < 4.78 is 0. The van der Waals surface area contributed by atoms with E-state index in [2.05, 4.69) is 9.98 Å². The van der Waals surface area contributed by atoms with Crippen molar-refractivity contribution in [2.45, 2.75) is 0 Å². The Morgan fingerprint density at radius 1 is 1.00 bits per heavy atom. The van der Waals surface area contributed by atoms with Gasteiger partial charge in [-0.1, -0.05) is 30.3 Å². The first kappa shape index (κ1) is 11.3. The molecule has 0 bridgehead atoms. The summed E-state index contributed by atoms with van der Waals surface area (Å²) in [7, 11) is 0. The van der Waals surface area contributed by atoms with Crippen LogP contribution in [0.5, 0.6) is 0 Å². The zero-order chi connectivity index (χ0) is 13.1. The van der Waals surface area contributed by atoms with E-state index >= 15 is 0 Å². The van der Waals surface area contributed by atoms with Gasteiger partial charge in [0.05, 0.1) is 5.69 Å². The van der Waals surface area contributed by atoms with Gasteiger partial charge in [-0.25, -0.2) is 4.99 Å². The highest BCUT2D eigenvalue weighted by Gasteiger charge is 2.23. The molecular formula is C15H11N3O. The van der Waals surface area contributed by atoms with Crippen LogP contribution in [0.1, 0.15) is 5.56 Å². The first-order valence-corrected chi connectivity index (χ1v) is 5.89. The zero-order valence-corrected chi connectivity index (χ0v) is 10.1. The monoisotopic (exact) mass is 249 g/mol. The van der Waals surface area contributed by atoms with E-state index in [0.717, 1.165) is 11.3 Å². The molecule has 2 aromatic rings. The maximum Gasteiger partial charge on any atom is 0.282 e. The van der Waals surface area contributed by atoms with E-state index in [9.17, 15) is 4.79 Å². The van der Waals surface area contributed by atoms with Crippen LogP contribution in [0.3, 0.4) is 0 Å². The predicted molar refractivity (Wildman–Crippen MR) is 74.6 cm³/mol. The molecule has 19 heavy (non-hydrogen) atoms. The number of carbonyl (C=O) groups excluding carboxylic acids is 1. The van der Waals surface area contributed by atoms with Gasteiger partial charge in [0.25, 0.3) is 5.91 Å². The minimum atomic E-state index is -0.130. The molecule has 0 radical (unpaired) electrons. The third kappa shape index (κ3) is 2.28. The summed E-state index contributed by atoms with van der Waals surface area (Å²) in [6.07, 6.45) is 6.61. The molecule has 0 spiro atoms. The SMILES string of the molecule is O=C1C(=Cc2ccccc2)N=CN1c1ccncc1. The largest absolute Gasteiger partial charge is 0.282 e. The lowest BCUT2D eigenvalue weighted by Gasteiger charge is -2.10. The van der Waals surface area contributed by atoms with Crippen molar-refractivity contribution in [1.29, 1.82) is 0 Å².